The molecule has 0 saturated carbocycles. The number of furan rings is 1. The molecule has 1 N–H and O–H groups in total. The van der Waals surface area contributed by atoms with Gasteiger partial charge in [0.2, 0.25) is 0 Å². The zero-order chi connectivity index (χ0) is 14.8. The number of urea groups is 1. The third kappa shape index (κ3) is 3.75. The summed E-state index contributed by atoms with van der Waals surface area (Å²) >= 11 is 0. The Balaban J connectivity index is 1.85. The van der Waals surface area contributed by atoms with Gasteiger partial charge in [0.1, 0.15) is 5.76 Å². The van der Waals surface area contributed by atoms with Crippen LogP contribution in [0.1, 0.15) is 19.1 Å². The van der Waals surface area contributed by atoms with Gasteiger partial charge >= 0.3 is 6.03 Å². The van der Waals surface area contributed by atoms with Crippen LogP contribution in [0, 0.1) is 0 Å². The standard InChI is InChI=1S/C13H20N2O4S/c1-10(8-12-4-3-6-19-12)14-13(16)15(2)11-5-7-20(17,18)9-11/h3-4,6,10-11H,5,7-9H2,1-2H3,(H,14,16)/t10-,11-/m1/s1. The second-order valence-corrected chi connectivity index (χ2v) is 7.53. The Hall–Kier alpha value is -1.50. The summed E-state index contributed by atoms with van der Waals surface area (Å²) in [5.41, 5.74) is 0. The first kappa shape index (κ1) is 14.9. The largest absolute Gasteiger partial charge is 0.469 e. The zero-order valence-electron chi connectivity index (χ0n) is 11.7. The summed E-state index contributed by atoms with van der Waals surface area (Å²) in [6, 6.07) is 3.12. The monoisotopic (exact) mass is 300 g/mol. The topological polar surface area (TPSA) is 79.6 Å². The molecule has 1 aliphatic heterocycles. The van der Waals surface area contributed by atoms with E-state index in [-0.39, 0.29) is 29.6 Å². The minimum absolute atomic E-state index is 0.0590. The van der Waals surface area contributed by atoms with Crippen LogP contribution in [-0.4, -0.2) is 50.0 Å². The van der Waals surface area contributed by atoms with Crippen LogP contribution in [0.5, 0.6) is 0 Å². The number of sulfone groups is 1. The lowest BCUT2D eigenvalue weighted by molar-refractivity contribution is 0.191. The molecule has 20 heavy (non-hydrogen) atoms. The minimum atomic E-state index is -2.98. The minimum Gasteiger partial charge on any atom is -0.469 e. The number of carbonyl (C=O) groups excluding carboxylic acids is 1. The van der Waals surface area contributed by atoms with Gasteiger partial charge in [-0.05, 0) is 25.5 Å². The molecule has 0 aromatic carbocycles. The van der Waals surface area contributed by atoms with Crippen molar-refractivity contribution in [1.82, 2.24) is 10.2 Å². The fourth-order valence-corrected chi connectivity index (χ4v) is 4.12. The molecule has 0 aliphatic carbocycles. The Kier molecular flexibility index (Phi) is 4.37. The Bertz CT molecular complexity index is 553. The first-order chi connectivity index (χ1) is 9.37. The SMILES string of the molecule is C[C@H](Cc1ccco1)NC(=O)N(C)[C@@H]1CCS(=O)(=O)C1. The number of hydrogen-bond acceptors (Lipinski definition) is 4. The van der Waals surface area contributed by atoms with E-state index in [1.54, 1.807) is 19.4 Å². The van der Waals surface area contributed by atoms with Crippen molar-refractivity contribution in [3.05, 3.63) is 24.2 Å². The fraction of sp³-hybridized carbons (Fsp3) is 0.615. The van der Waals surface area contributed by atoms with Gasteiger partial charge in [0.05, 0.1) is 17.8 Å². The maximum atomic E-state index is 12.1. The van der Waals surface area contributed by atoms with Crippen LogP contribution in [0.15, 0.2) is 22.8 Å². The third-order valence-electron chi connectivity index (χ3n) is 3.53. The summed E-state index contributed by atoms with van der Waals surface area (Å²) < 4.78 is 28.1. The number of rotatable bonds is 4. The van der Waals surface area contributed by atoms with E-state index in [0.717, 1.165) is 5.76 Å². The summed E-state index contributed by atoms with van der Waals surface area (Å²) in [6.07, 6.45) is 2.72. The molecule has 2 atom stereocenters. The quantitative estimate of drug-likeness (QED) is 0.901. The van der Waals surface area contributed by atoms with Gasteiger partial charge in [-0.15, -0.1) is 0 Å². The van der Waals surface area contributed by atoms with Crippen LogP contribution in [0.4, 0.5) is 4.79 Å². The fourth-order valence-electron chi connectivity index (χ4n) is 2.34. The molecule has 1 aromatic heterocycles. The highest BCUT2D eigenvalue weighted by atomic mass is 32.2. The number of carbonyl (C=O) groups is 1. The molecule has 1 fully saturated rings. The van der Waals surface area contributed by atoms with Crippen LogP contribution < -0.4 is 5.32 Å². The summed E-state index contributed by atoms with van der Waals surface area (Å²) in [7, 11) is -1.34. The van der Waals surface area contributed by atoms with Gasteiger partial charge in [-0.25, -0.2) is 13.2 Å². The van der Waals surface area contributed by atoms with E-state index in [2.05, 4.69) is 5.32 Å². The van der Waals surface area contributed by atoms with E-state index >= 15 is 0 Å². The van der Waals surface area contributed by atoms with Crippen LogP contribution >= 0.6 is 0 Å². The molecule has 1 aliphatic rings. The van der Waals surface area contributed by atoms with Crippen molar-refractivity contribution in [1.29, 1.82) is 0 Å². The van der Waals surface area contributed by atoms with Crippen molar-refractivity contribution in [3.63, 3.8) is 0 Å². The van der Waals surface area contributed by atoms with Gasteiger partial charge in [0.25, 0.3) is 0 Å². The van der Waals surface area contributed by atoms with Crippen molar-refractivity contribution in [3.8, 4) is 0 Å². The average molecular weight is 300 g/mol. The second-order valence-electron chi connectivity index (χ2n) is 5.30. The maximum absolute atomic E-state index is 12.1. The predicted molar refractivity (Wildman–Crippen MR) is 75.2 cm³/mol. The summed E-state index contributed by atoms with van der Waals surface area (Å²) in [5.74, 6) is 1.03. The molecule has 0 radical (unpaired) electrons. The lowest BCUT2D eigenvalue weighted by Crippen LogP contribution is -2.47. The molecule has 0 bridgehead atoms. The van der Waals surface area contributed by atoms with Crippen LogP contribution in [0.2, 0.25) is 0 Å². The first-order valence-corrected chi connectivity index (χ1v) is 8.45. The maximum Gasteiger partial charge on any atom is 0.317 e. The average Bonchev–Trinajstić information content (AvgIpc) is 2.97. The highest BCUT2D eigenvalue weighted by Gasteiger charge is 2.32. The van der Waals surface area contributed by atoms with E-state index in [4.69, 9.17) is 4.42 Å². The number of nitrogens with one attached hydrogen (secondary N) is 1. The molecule has 2 heterocycles. The molecule has 112 valence electrons. The summed E-state index contributed by atoms with van der Waals surface area (Å²) in [6.45, 7) is 1.89. The van der Waals surface area contributed by atoms with Crippen molar-refractivity contribution < 1.29 is 17.6 Å². The van der Waals surface area contributed by atoms with Crippen LogP contribution in [0.3, 0.4) is 0 Å². The van der Waals surface area contributed by atoms with Gasteiger partial charge < -0.3 is 14.6 Å². The van der Waals surface area contributed by atoms with Gasteiger partial charge in [0.15, 0.2) is 9.84 Å². The Labute approximate surface area is 119 Å². The van der Waals surface area contributed by atoms with Crippen LogP contribution in [0.25, 0.3) is 0 Å². The molecule has 0 unspecified atom stereocenters. The Morgan fingerprint density at radius 2 is 2.35 bits per heavy atom. The van der Waals surface area contributed by atoms with E-state index in [1.807, 2.05) is 13.0 Å². The zero-order valence-corrected chi connectivity index (χ0v) is 12.5. The molecule has 2 rings (SSSR count). The van der Waals surface area contributed by atoms with E-state index < -0.39 is 9.84 Å². The molecule has 1 aromatic rings. The predicted octanol–water partition coefficient (Wildman–Crippen LogP) is 1.04. The van der Waals surface area contributed by atoms with E-state index in [1.165, 1.54) is 4.90 Å². The summed E-state index contributed by atoms with van der Waals surface area (Å²) in [4.78, 5) is 13.6. The van der Waals surface area contributed by atoms with E-state index in [9.17, 15) is 13.2 Å². The van der Waals surface area contributed by atoms with Crippen molar-refractivity contribution >= 4 is 15.9 Å². The molecule has 2 amide bonds. The van der Waals surface area contributed by atoms with Crippen molar-refractivity contribution in [2.24, 2.45) is 0 Å². The first-order valence-electron chi connectivity index (χ1n) is 6.63. The smallest absolute Gasteiger partial charge is 0.317 e. The second kappa shape index (κ2) is 5.87. The molecule has 0 spiro atoms. The Morgan fingerprint density at radius 3 is 2.90 bits per heavy atom. The van der Waals surface area contributed by atoms with Crippen molar-refractivity contribution in [2.75, 3.05) is 18.6 Å². The van der Waals surface area contributed by atoms with Gasteiger partial charge in [-0.1, -0.05) is 0 Å². The highest BCUT2D eigenvalue weighted by Crippen LogP contribution is 2.16. The lowest BCUT2D eigenvalue weighted by atomic mass is 10.2. The normalized spacial score (nSPS) is 22.4. The molecule has 6 nitrogen and oxygen atoms in total. The number of nitrogens with zero attached hydrogens (tertiary/aromatic N) is 1. The summed E-state index contributed by atoms with van der Waals surface area (Å²) in [5, 5.41) is 2.85. The molecular weight excluding hydrogens is 280 g/mol. The molecular formula is C13H20N2O4S. The van der Waals surface area contributed by atoms with Crippen molar-refractivity contribution in [2.45, 2.75) is 31.8 Å². The number of hydrogen-bond donors (Lipinski definition) is 1. The van der Waals surface area contributed by atoms with Gasteiger partial charge in [-0.2, -0.15) is 0 Å². The lowest BCUT2D eigenvalue weighted by Gasteiger charge is -2.25. The van der Waals surface area contributed by atoms with Crippen LogP contribution in [-0.2, 0) is 16.3 Å². The van der Waals surface area contributed by atoms with E-state index in [0.29, 0.717) is 12.8 Å². The number of amides is 2. The molecule has 7 heteroatoms. The molecule has 1 saturated heterocycles. The third-order valence-corrected chi connectivity index (χ3v) is 5.28. The van der Waals surface area contributed by atoms with Gasteiger partial charge in [-0.3, -0.25) is 0 Å². The Morgan fingerprint density at radius 1 is 1.60 bits per heavy atom. The highest BCUT2D eigenvalue weighted by molar-refractivity contribution is 7.91. The van der Waals surface area contributed by atoms with Gasteiger partial charge in [0, 0.05) is 25.6 Å².